The first-order valence-corrected chi connectivity index (χ1v) is 7.08. The first-order chi connectivity index (χ1) is 8.01. The van der Waals surface area contributed by atoms with Gasteiger partial charge >= 0.3 is 0 Å². The molecule has 1 atom stereocenters. The lowest BCUT2D eigenvalue weighted by Crippen LogP contribution is -2.39. The van der Waals surface area contributed by atoms with Crippen LogP contribution in [0, 0.1) is 0 Å². The van der Waals surface area contributed by atoms with Crippen molar-refractivity contribution in [3.05, 3.63) is 12.3 Å². The fourth-order valence-electron chi connectivity index (χ4n) is 1.41. The third-order valence-electron chi connectivity index (χ3n) is 2.20. The summed E-state index contributed by atoms with van der Waals surface area (Å²) in [5.41, 5.74) is 0. The fraction of sp³-hybridized carbons (Fsp3) is 0.667. The van der Waals surface area contributed by atoms with Crippen molar-refractivity contribution in [2.24, 2.45) is 7.05 Å². The molecular weight excluding hydrogens is 266 g/mol. The predicted molar refractivity (Wildman–Crippen MR) is 64.5 cm³/mol. The molecule has 1 unspecified atom stereocenters. The minimum Gasteiger partial charge on any atom is -0.383 e. The van der Waals surface area contributed by atoms with Gasteiger partial charge in [0.1, 0.15) is 0 Å². The Morgan fingerprint density at radius 3 is 2.82 bits per heavy atom. The Hall–Kier alpha value is -0.630. The maximum Gasteiger partial charge on any atom is 0.258 e. The van der Waals surface area contributed by atoms with E-state index < -0.39 is 10.0 Å². The molecule has 0 spiro atoms. The molecule has 1 aromatic heterocycles. The minimum absolute atomic E-state index is 0.119. The lowest BCUT2D eigenvalue weighted by atomic mass is 10.3. The van der Waals surface area contributed by atoms with Crippen molar-refractivity contribution in [1.82, 2.24) is 14.5 Å². The third-order valence-corrected chi connectivity index (χ3v) is 4.01. The number of sulfonamides is 1. The molecule has 0 aliphatic rings. The molecule has 0 bridgehead atoms. The van der Waals surface area contributed by atoms with Crippen LogP contribution in [0.3, 0.4) is 0 Å². The smallest absolute Gasteiger partial charge is 0.258 e. The van der Waals surface area contributed by atoms with Gasteiger partial charge in [0, 0.05) is 26.1 Å². The largest absolute Gasteiger partial charge is 0.383 e. The number of hydrogen-bond donors (Lipinski definition) is 1. The average molecular weight is 282 g/mol. The highest BCUT2D eigenvalue weighted by Gasteiger charge is 2.22. The zero-order valence-electron chi connectivity index (χ0n) is 9.76. The van der Waals surface area contributed by atoms with E-state index in [0.717, 1.165) is 0 Å². The maximum absolute atomic E-state index is 12.0. The molecule has 0 saturated carbocycles. The number of hydrogen-bond acceptors (Lipinski definition) is 4. The van der Waals surface area contributed by atoms with E-state index in [1.807, 2.05) is 0 Å². The van der Waals surface area contributed by atoms with Crippen LogP contribution in [0.25, 0.3) is 0 Å². The summed E-state index contributed by atoms with van der Waals surface area (Å²) in [7, 11) is -0.495. The second kappa shape index (κ2) is 6.34. The molecule has 17 heavy (non-hydrogen) atoms. The van der Waals surface area contributed by atoms with E-state index >= 15 is 0 Å². The average Bonchev–Trinajstić information content (AvgIpc) is 2.65. The number of aryl methyl sites for hydroxylation is 1. The zero-order valence-corrected chi connectivity index (χ0v) is 11.3. The fourth-order valence-corrected chi connectivity index (χ4v) is 3.06. The molecule has 0 aliphatic carbocycles. The second-order valence-electron chi connectivity index (χ2n) is 3.54. The number of ether oxygens (including phenoxy) is 1. The molecule has 1 N–H and O–H groups in total. The van der Waals surface area contributed by atoms with Crippen molar-refractivity contribution in [2.75, 3.05) is 19.6 Å². The van der Waals surface area contributed by atoms with E-state index in [9.17, 15) is 8.42 Å². The first kappa shape index (κ1) is 14.4. The van der Waals surface area contributed by atoms with Crippen LogP contribution in [-0.2, 0) is 21.8 Å². The van der Waals surface area contributed by atoms with E-state index in [2.05, 4.69) is 9.82 Å². The van der Waals surface area contributed by atoms with E-state index in [0.29, 0.717) is 12.3 Å². The molecule has 0 amide bonds. The van der Waals surface area contributed by atoms with Crippen molar-refractivity contribution in [2.45, 2.75) is 17.5 Å². The Morgan fingerprint density at radius 2 is 2.35 bits per heavy atom. The monoisotopic (exact) mass is 281 g/mol. The maximum atomic E-state index is 12.0. The van der Waals surface area contributed by atoms with Gasteiger partial charge in [-0.3, -0.25) is 4.68 Å². The van der Waals surface area contributed by atoms with Gasteiger partial charge in [0.25, 0.3) is 10.0 Å². The molecule has 1 rings (SSSR count). The summed E-state index contributed by atoms with van der Waals surface area (Å²) < 4.78 is 32.8. The highest BCUT2D eigenvalue weighted by Crippen LogP contribution is 2.08. The van der Waals surface area contributed by atoms with Crippen LogP contribution in [0.5, 0.6) is 0 Å². The number of halogens is 1. The Morgan fingerprint density at radius 1 is 1.65 bits per heavy atom. The number of methoxy groups -OCH3 is 1. The first-order valence-electron chi connectivity index (χ1n) is 5.06. The van der Waals surface area contributed by atoms with Crippen LogP contribution in [-0.4, -0.2) is 43.8 Å². The lowest BCUT2D eigenvalue weighted by molar-refractivity contribution is 0.173. The Kier molecular flexibility index (Phi) is 5.38. The SMILES string of the molecule is COCC(CCCl)NS(=O)(=O)c1ccnn1C. The van der Waals surface area contributed by atoms with Gasteiger partial charge in [0.15, 0.2) is 5.03 Å². The Labute approximate surface area is 106 Å². The number of rotatable bonds is 7. The van der Waals surface area contributed by atoms with Crippen LogP contribution in [0.4, 0.5) is 0 Å². The van der Waals surface area contributed by atoms with Crippen LogP contribution in [0.15, 0.2) is 17.3 Å². The molecule has 0 fully saturated rings. The normalized spacial score (nSPS) is 13.8. The number of aromatic nitrogens is 2. The Balaban J connectivity index is 2.81. The standard InChI is InChI=1S/C9H16ClN3O3S/c1-13-9(4-6-11-13)17(14,15)12-8(3-5-10)7-16-2/h4,6,8,12H,3,5,7H2,1-2H3. The summed E-state index contributed by atoms with van der Waals surface area (Å²) in [6.07, 6.45) is 1.94. The van der Waals surface area contributed by atoms with E-state index in [4.69, 9.17) is 16.3 Å². The molecule has 6 nitrogen and oxygen atoms in total. The van der Waals surface area contributed by atoms with Gasteiger partial charge in [-0.15, -0.1) is 11.6 Å². The number of nitrogens with one attached hydrogen (secondary N) is 1. The highest BCUT2D eigenvalue weighted by atomic mass is 35.5. The van der Waals surface area contributed by atoms with E-state index in [-0.39, 0.29) is 17.7 Å². The van der Waals surface area contributed by atoms with Crippen LogP contribution in [0.1, 0.15) is 6.42 Å². The number of nitrogens with zero attached hydrogens (tertiary/aromatic N) is 2. The quantitative estimate of drug-likeness (QED) is 0.732. The van der Waals surface area contributed by atoms with Gasteiger partial charge in [-0.25, -0.2) is 13.1 Å². The third kappa shape index (κ3) is 3.95. The summed E-state index contributed by atoms with van der Waals surface area (Å²) in [4.78, 5) is 0. The van der Waals surface area contributed by atoms with Gasteiger partial charge < -0.3 is 4.74 Å². The van der Waals surface area contributed by atoms with Crippen molar-refractivity contribution in [3.8, 4) is 0 Å². The molecule has 0 aromatic carbocycles. The van der Waals surface area contributed by atoms with Crippen LogP contribution in [0.2, 0.25) is 0 Å². The molecule has 1 heterocycles. The number of alkyl halides is 1. The summed E-state index contributed by atoms with van der Waals surface area (Å²) in [5, 5.41) is 3.94. The van der Waals surface area contributed by atoms with Crippen molar-refractivity contribution in [1.29, 1.82) is 0 Å². The van der Waals surface area contributed by atoms with Gasteiger partial charge in [-0.1, -0.05) is 0 Å². The van der Waals surface area contributed by atoms with Gasteiger partial charge in [0.2, 0.25) is 0 Å². The Bertz CT molecular complexity index is 440. The molecular formula is C9H16ClN3O3S. The molecule has 0 radical (unpaired) electrons. The summed E-state index contributed by atoms with van der Waals surface area (Å²) in [5.74, 6) is 0.363. The molecule has 1 aromatic rings. The van der Waals surface area contributed by atoms with Gasteiger partial charge in [-0.2, -0.15) is 5.10 Å². The second-order valence-corrected chi connectivity index (χ2v) is 5.58. The van der Waals surface area contributed by atoms with Crippen LogP contribution < -0.4 is 4.72 Å². The van der Waals surface area contributed by atoms with E-state index in [1.54, 1.807) is 7.05 Å². The van der Waals surface area contributed by atoms with Gasteiger partial charge in [0.05, 0.1) is 12.8 Å². The van der Waals surface area contributed by atoms with Gasteiger partial charge in [-0.05, 0) is 12.5 Å². The highest BCUT2D eigenvalue weighted by molar-refractivity contribution is 7.89. The van der Waals surface area contributed by atoms with Crippen molar-refractivity contribution < 1.29 is 13.2 Å². The lowest BCUT2D eigenvalue weighted by Gasteiger charge is -2.16. The summed E-state index contributed by atoms with van der Waals surface area (Å²) in [6, 6.07) is 1.10. The summed E-state index contributed by atoms with van der Waals surface area (Å²) >= 11 is 5.61. The molecule has 8 heteroatoms. The van der Waals surface area contributed by atoms with Crippen molar-refractivity contribution in [3.63, 3.8) is 0 Å². The molecule has 0 saturated heterocycles. The van der Waals surface area contributed by atoms with E-state index in [1.165, 1.54) is 24.1 Å². The zero-order chi connectivity index (χ0) is 12.9. The predicted octanol–water partition coefficient (Wildman–Crippen LogP) is 0.342. The van der Waals surface area contributed by atoms with Crippen molar-refractivity contribution >= 4 is 21.6 Å². The topological polar surface area (TPSA) is 73.2 Å². The minimum atomic E-state index is -3.58. The molecule has 0 aliphatic heterocycles. The van der Waals surface area contributed by atoms with Crippen LogP contribution >= 0.6 is 11.6 Å². The molecule has 98 valence electrons. The summed E-state index contributed by atoms with van der Waals surface area (Å²) in [6.45, 7) is 0.282.